The van der Waals surface area contributed by atoms with Crippen molar-refractivity contribution < 1.29 is 28.8 Å². The van der Waals surface area contributed by atoms with E-state index in [1.54, 1.807) is 51.1 Å². The van der Waals surface area contributed by atoms with Gasteiger partial charge in [0.15, 0.2) is 0 Å². The van der Waals surface area contributed by atoms with Gasteiger partial charge in [0, 0.05) is 75.6 Å². The minimum absolute atomic E-state index is 0.0863. The average Bonchev–Trinajstić information content (AvgIpc) is 3.44. The normalized spacial score (nSPS) is 11.6. The first-order chi connectivity index (χ1) is 37.5. The Balaban J connectivity index is 1.24. The topological polar surface area (TPSA) is 151 Å². The first-order valence-corrected chi connectivity index (χ1v) is 27.4. The zero-order valence-corrected chi connectivity index (χ0v) is 47.8. The molecule has 0 radical (unpaired) electrons. The number of hydrogen-bond donors (Lipinski definition) is 3. The summed E-state index contributed by atoms with van der Waals surface area (Å²) in [6.07, 6.45) is 0. The van der Waals surface area contributed by atoms with Crippen LogP contribution in [-0.4, -0.2) is 114 Å². The zero-order chi connectivity index (χ0) is 57.2. The Labute approximate surface area is 468 Å². The Morgan fingerprint density at radius 1 is 0.316 bits per heavy atom. The molecule has 0 saturated heterocycles. The summed E-state index contributed by atoms with van der Waals surface area (Å²) >= 11 is 0. The van der Waals surface area contributed by atoms with Gasteiger partial charge in [-0.05, 0) is 86.0 Å². The van der Waals surface area contributed by atoms with E-state index in [1.807, 2.05) is 127 Å². The first-order valence-electron chi connectivity index (χ1n) is 27.4. The Bertz CT molecular complexity index is 2610. The van der Waals surface area contributed by atoms with Crippen LogP contribution < -0.4 is 16.0 Å². The van der Waals surface area contributed by atoms with Crippen LogP contribution in [0.25, 0.3) is 0 Å². The van der Waals surface area contributed by atoms with Crippen LogP contribution in [0.3, 0.4) is 0 Å². The van der Waals surface area contributed by atoms with Gasteiger partial charge in [0.05, 0.1) is 19.6 Å². The highest BCUT2D eigenvalue weighted by Crippen LogP contribution is 2.24. The van der Waals surface area contributed by atoms with Crippen LogP contribution in [0.15, 0.2) is 164 Å². The average molecular weight is 1070 g/mol. The van der Waals surface area contributed by atoms with E-state index >= 15 is 0 Å². The van der Waals surface area contributed by atoms with E-state index in [-0.39, 0.29) is 111 Å². The second-order valence-electron chi connectivity index (χ2n) is 23.3. The second-order valence-corrected chi connectivity index (χ2v) is 23.3. The number of nitrogens with zero attached hydrogens (tertiary/aromatic N) is 4. The number of hydrogen-bond acceptors (Lipinski definition) is 7. The van der Waals surface area contributed by atoms with Crippen molar-refractivity contribution in [2.45, 2.75) is 98.2 Å². The standard InChI is InChI=1S/C66H81N7O6/c1-64(2,3)55-31-25-52(26-32-55)61(77)67-43-58(74)71(46-49-19-13-10-14-20-49)40-37-70(38-41-72(47-50-21-15-11-16-22-50)59(75)44-68-62(78)53-27-33-56(34-28-53)65(4,5)6)39-42-73(48-51-23-17-12-18-24-51)60(76)45-69-63(79)54-29-35-57(36-30-54)66(7,8)9/h10-36H,37-48H2,1-9H3,(H,67,77)(H,68,78)(H,69,79). The molecule has 3 N–H and O–H groups in total. The van der Waals surface area contributed by atoms with Gasteiger partial charge in [-0.25, -0.2) is 0 Å². The quantitative estimate of drug-likeness (QED) is 0.0547. The highest BCUT2D eigenvalue weighted by Gasteiger charge is 2.24. The van der Waals surface area contributed by atoms with Gasteiger partial charge in [-0.2, -0.15) is 0 Å². The predicted molar refractivity (Wildman–Crippen MR) is 314 cm³/mol. The number of rotatable bonds is 24. The van der Waals surface area contributed by atoms with Gasteiger partial charge in [-0.1, -0.05) is 190 Å². The lowest BCUT2D eigenvalue weighted by molar-refractivity contribution is -0.131. The van der Waals surface area contributed by atoms with Gasteiger partial charge in [0.1, 0.15) is 0 Å². The van der Waals surface area contributed by atoms with Crippen molar-refractivity contribution in [1.82, 2.24) is 35.6 Å². The van der Waals surface area contributed by atoms with E-state index in [0.29, 0.717) is 36.3 Å². The number of benzene rings is 6. The fourth-order valence-corrected chi connectivity index (χ4v) is 8.88. The Hall–Kier alpha value is -7.90. The summed E-state index contributed by atoms with van der Waals surface area (Å²) in [5, 5.41) is 8.54. The van der Waals surface area contributed by atoms with Crippen molar-refractivity contribution in [3.05, 3.63) is 214 Å². The third-order valence-electron chi connectivity index (χ3n) is 14.0. The number of amides is 6. The molecule has 0 aliphatic heterocycles. The molecule has 13 nitrogen and oxygen atoms in total. The van der Waals surface area contributed by atoms with Gasteiger partial charge in [-0.3, -0.25) is 33.7 Å². The Morgan fingerprint density at radius 3 is 0.759 bits per heavy atom. The van der Waals surface area contributed by atoms with Crippen LogP contribution in [0.2, 0.25) is 0 Å². The Morgan fingerprint density at radius 2 is 0.544 bits per heavy atom. The van der Waals surface area contributed by atoms with Crippen LogP contribution >= 0.6 is 0 Å². The van der Waals surface area contributed by atoms with E-state index < -0.39 is 0 Å². The minimum atomic E-state index is -0.356. The molecule has 6 amide bonds. The lowest BCUT2D eigenvalue weighted by Gasteiger charge is -2.32. The minimum Gasteiger partial charge on any atom is -0.343 e. The molecular weight excluding hydrogens is 987 g/mol. The summed E-state index contributed by atoms with van der Waals surface area (Å²) in [6, 6.07) is 51.2. The van der Waals surface area contributed by atoms with Crippen molar-refractivity contribution in [3.8, 4) is 0 Å². The number of nitrogens with one attached hydrogen (secondary N) is 3. The zero-order valence-electron chi connectivity index (χ0n) is 47.8. The molecule has 0 bridgehead atoms. The maximum Gasteiger partial charge on any atom is 0.251 e. The molecule has 0 unspecified atom stereocenters. The number of carbonyl (C=O) groups excluding carboxylic acids is 6. The van der Waals surface area contributed by atoms with E-state index in [1.165, 1.54) is 0 Å². The van der Waals surface area contributed by atoms with Crippen LogP contribution in [0.1, 0.15) is 127 Å². The molecule has 0 spiro atoms. The maximum atomic E-state index is 14.3. The maximum absolute atomic E-state index is 14.3. The Kier molecular flexibility index (Phi) is 21.5. The van der Waals surface area contributed by atoms with Gasteiger partial charge in [-0.15, -0.1) is 0 Å². The lowest BCUT2D eigenvalue weighted by atomic mass is 9.86. The first kappa shape index (κ1) is 60.3. The van der Waals surface area contributed by atoms with Gasteiger partial charge in [0.2, 0.25) is 17.7 Å². The second kappa shape index (κ2) is 28.1. The van der Waals surface area contributed by atoms with Gasteiger partial charge >= 0.3 is 0 Å². The van der Waals surface area contributed by atoms with Crippen LogP contribution in [-0.2, 0) is 50.3 Å². The highest BCUT2D eigenvalue weighted by atomic mass is 16.2. The third kappa shape index (κ3) is 19.2. The molecule has 6 aromatic carbocycles. The summed E-state index contributed by atoms with van der Waals surface area (Å²) in [5.74, 6) is -1.91. The van der Waals surface area contributed by atoms with Crippen molar-refractivity contribution in [3.63, 3.8) is 0 Å². The molecule has 0 fully saturated rings. The van der Waals surface area contributed by atoms with E-state index in [0.717, 1.165) is 33.4 Å². The molecule has 6 aromatic rings. The SMILES string of the molecule is CC(C)(C)c1ccc(C(=O)NCC(=O)N(CCN(CCN(Cc2ccccc2)C(=O)CNC(=O)c2ccc(C(C)(C)C)cc2)CCN(Cc2ccccc2)C(=O)CNC(=O)c2ccc(C(C)(C)C)cc2)Cc2ccccc2)cc1. The largest absolute Gasteiger partial charge is 0.343 e. The molecule has 416 valence electrons. The van der Waals surface area contributed by atoms with Crippen molar-refractivity contribution >= 4 is 35.4 Å². The van der Waals surface area contributed by atoms with Crippen LogP contribution in [0.5, 0.6) is 0 Å². The summed E-state index contributed by atoms with van der Waals surface area (Å²) in [6.45, 7) is 20.9. The monoisotopic (exact) mass is 1070 g/mol. The molecule has 0 atom stereocenters. The molecule has 0 heterocycles. The van der Waals surface area contributed by atoms with Crippen molar-refractivity contribution in [2.75, 3.05) is 58.9 Å². The summed E-state index contributed by atoms with van der Waals surface area (Å²) in [4.78, 5) is 90.5. The van der Waals surface area contributed by atoms with E-state index in [4.69, 9.17) is 0 Å². The smallest absolute Gasteiger partial charge is 0.251 e. The molecule has 6 rings (SSSR count). The van der Waals surface area contributed by atoms with Crippen molar-refractivity contribution in [2.24, 2.45) is 0 Å². The van der Waals surface area contributed by atoms with Gasteiger partial charge < -0.3 is 30.7 Å². The highest BCUT2D eigenvalue weighted by molar-refractivity contribution is 5.98. The molecule has 0 aliphatic rings. The molecule has 0 aliphatic carbocycles. The lowest BCUT2D eigenvalue weighted by Crippen LogP contribution is -2.48. The van der Waals surface area contributed by atoms with Crippen LogP contribution in [0, 0.1) is 0 Å². The fourth-order valence-electron chi connectivity index (χ4n) is 8.88. The molecule has 79 heavy (non-hydrogen) atoms. The summed E-state index contributed by atoms with van der Waals surface area (Å²) in [7, 11) is 0. The van der Waals surface area contributed by atoms with E-state index in [9.17, 15) is 28.8 Å². The summed E-state index contributed by atoms with van der Waals surface area (Å²) < 4.78 is 0. The molecule has 13 heteroatoms. The molecule has 0 aromatic heterocycles. The van der Waals surface area contributed by atoms with Crippen molar-refractivity contribution in [1.29, 1.82) is 0 Å². The third-order valence-corrected chi connectivity index (χ3v) is 14.0. The van der Waals surface area contributed by atoms with E-state index in [2.05, 4.69) is 83.2 Å². The summed E-state index contributed by atoms with van der Waals surface area (Å²) in [5.41, 5.74) is 7.10. The predicted octanol–water partition coefficient (Wildman–Crippen LogP) is 9.56. The molecular formula is C66H81N7O6. The van der Waals surface area contributed by atoms with Crippen LogP contribution in [0.4, 0.5) is 0 Å². The van der Waals surface area contributed by atoms with Gasteiger partial charge in [0.25, 0.3) is 17.7 Å². The fraction of sp³-hybridized carbons (Fsp3) is 0.364. The molecule has 0 saturated carbocycles. The number of carbonyl (C=O) groups is 6.